The van der Waals surface area contributed by atoms with Crippen LogP contribution in [-0.2, 0) is 4.65 Å². The van der Waals surface area contributed by atoms with Crippen LogP contribution in [0.3, 0.4) is 0 Å². The molecule has 7 nitrogen and oxygen atoms in total. The van der Waals surface area contributed by atoms with Gasteiger partial charge >= 0.3 is 7.48 Å². The highest BCUT2D eigenvalue weighted by atomic mass is 16.5. The Labute approximate surface area is 268 Å². The van der Waals surface area contributed by atoms with Crippen LogP contribution in [0.4, 0.5) is 0 Å². The Morgan fingerprint density at radius 3 is 2.00 bits per heavy atom. The fourth-order valence-electron chi connectivity index (χ4n) is 5.05. The van der Waals surface area contributed by atoms with Crippen molar-refractivity contribution in [3.63, 3.8) is 0 Å². The summed E-state index contributed by atoms with van der Waals surface area (Å²) in [6.45, 7) is 7.20. The summed E-state index contributed by atoms with van der Waals surface area (Å²) in [5.74, 6) is 1.62. The zero-order valence-electron chi connectivity index (χ0n) is 26.1. The summed E-state index contributed by atoms with van der Waals surface area (Å²) in [6.07, 6.45) is 1.79. The van der Waals surface area contributed by atoms with E-state index in [4.69, 9.17) is 29.0 Å². The number of aliphatic hydroxyl groups is 1. The van der Waals surface area contributed by atoms with Crippen molar-refractivity contribution in [3.05, 3.63) is 115 Å². The van der Waals surface area contributed by atoms with Gasteiger partial charge in [-0.15, -0.1) is 0 Å². The Hall–Kier alpha value is -5.18. The van der Waals surface area contributed by atoms with E-state index in [0.717, 1.165) is 55.3 Å². The third kappa shape index (κ3) is 5.69. The maximum absolute atomic E-state index is 10.4. The lowest BCUT2D eigenvalue weighted by molar-refractivity contribution is -0.0893. The lowest BCUT2D eigenvalue weighted by Gasteiger charge is -2.37. The normalized spacial score (nSPS) is 12.1. The molecule has 225 valence electrons. The van der Waals surface area contributed by atoms with E-state index in [2.05, 4.69) is 12.1 Å². The first-order chi connectivity index (χ1) is 22.2. The summed E-state index contributed by atoms with van der Waals surface area (Å²) in [4.78, 5) is 19.5. The topological polar surface area (TPSA) is 94.2 Å². The van der Waals surface area contributed by atoms with Gasteiger partial charge in [-0.05, 0) is 52.0 Å². The molecule has 7 rings (SSSR count). The molecule has 1 radical (unpaired) electrons. The van der Waals surface area contributed by atoms with E-state index in [0.29, 0.717) is 17.5 Å². The molecular weight excluding hydrogens is 571 g/mol. The second-order valence-corrected chi connectivity index (χ2v) is 12.3. The molecule has 46 heavy (non-hydrogen) atoms. The van der Waals surface area contributed by atoms with Gasteiger partial charge in [0.25, 0.3) is 0 Å². The summed E-state index contributed by atoms with van der Waals surface area (Å²) in [5.41, 5.74) is 4.96. The molecule has 0 bridgehead atoms. The van der Waals surface area contributed by atoms with Gasteiger partial charge in [0.15, 0.2) is 17.5 Å². The maximum atomic E-state index is 10.4. The van der Waals surface area contributed by atoms with Crippen molar-refractivity contribution in [1.82, 2.24) is 19.9 Å². The van der Waals surface area contributed by atoms with Crippen molar-refractivity contribution in [2.24, 2.45) is 0 Å². The average molecular weight is 604 g/mol. The predicted octanol–water partition coefficient (Wildman–Crippen LogP) is 7.64. The summed E-state index contributed by atoms with van der Waals surface area (Å²) in [6, 6.07) is 35.8. The smallest absolute Gasteiger partial charge is 0.330 e. The number of benzene rings is 4. The van der Waals surface area contributed by atoms with E-state index in [1.807, 2.05) is 111 Å². The van der Waals surface area contributed by atoms with Crippen LogP contribution in [0.2, 0.25) is 0 Å². The Balaban J connectivity index is 1.22. The Kier molecular flexibility index (Phi) is 7.47. The fraction of sp³-hybridized carbons (Fsp3) is 0.158. The molecule has 0 atom stereocenters. The summed E-state index contributed by atoms with van der Waals surface area (Å²) in [5, 5.41) is 12.4. The number of nitrogens with zero attached hydrogens (tertiary/aromatic N) is 4. The molecule has 3 heterocycles. The molecule has 0 spiro atoms. The molecule has 0 unspecified atom stereocenters. The number of hydrogen-bond acceptors (Lipinski definition) is 7. The van der Waals surface area contributed by atoms with Gasteiger partial charge in [-0.25, -0.2) is 15.0 Å². The van der Waals surface area contributed by atoms with Gasteiger partial charge < -0.3 is 14.2 Å². The zero-order chi connectivity index (χ0) is 31.9. The zero-order valence-corrected chi connectivity index (χ0v) is 26.1. The monoisotopic (exact) mass is 603 g/mol. The SMILES string of the molecule is CC(C)(O)C(C)(C)O[B]c1ccc(-c2ccc(-c3nc(-c4ccccc4)nc(-c4cccc5c4oc4ccccc45)n3)cn2)cc1. The number of pyridine rings is 1. The van der Waals surface area contributed by atoms with Crippen LogP contribution in [-0.4, -0.2) is 43.7 Å². The van der Waals surface area contributed by atoms with E-state index in [1.54, 1.807) is 27.5 Å². The van der Waals surface area contributed by atoms with Crippen molar-refractivity contribution < 1.29 is 14.2 Å². The lowest BCUT2D eigenvalue weighted by atomic mass is 9.82. The van der Waals surface area contributed by atoms with Crippen LogP contribution in [0.15, 0.2) is 120 Å². The molecule has 0 aliphatic carbocycles. The van der Waals surface area contributed by atoms with E-state index in [-0.39, 0.29) is 0 Å². The molecule has 3 aromatic heterocycles. The third-order valence-electron chi connectivity index (χ3n) is 8.50. The second-order valence-electron chi connectivity index (χ2n) is 12.3. The number of aromatic nitrogens is 4. The molecule has 7 aromatic rings. The summed E-state index contributed by atoms with van der Waals surface area (Å²) < 4.78 is 12.2. The first kappa shape index (κ1) is 29.5. The minimum atomic E-state index is -0.989. The highest BCUT2D eigenvalue weighted by Gasteiger charge is 2.35. The first-order valence-corrected chi connectivity index (χ1v) is 15.2. The minimum absolute atomic E-state index is 0.521. The van der Waals surface area contributed by atoms with E-state index in [9.17, 15) is 5.11 Å². The van der Waals surface area contributed by atoms with Crippen molar-refractivity contribution in [2.75, 3.05) is 0 Å². The number of fused-ring (bicyclic) bond motifs is 3. The lowest BCUT2D eigenvalue weighted by Crippen LogP contribution is -2.49. The van der Waals surface area contributed by atoms with Crippen molar-refractivity contribution in [1.29, 1.82) is 0 Å². The van der Waals surface area contributed by atoms with Crippen molar-refractivity contribution >= 4 is 34.9 Å². The van der Waals surface area contributed by atoms with Crippen LogP contribution < -0.4 is 5.46 Å². The molecular formula is C38H32BN4O3. The Bertz CT molecular complexity index is 2150. The van der Waals surface area contributed by atoms with Gasteiger partial charge in [-0.3, -0.25) is 4.98 Å². The summed E-state index contributed by atoms with van der Waals surface area (Å²) in [7, 11) is 1.67. The second kappa shape index (κ2) is 11.6. The fourth-order valence-corrected chi connectivity index (χ4v) is 5.05. The van der Waals surface area contributed by atoms with E-state index in [1.165, 1.54) is 0 Å². The minimum Gasteiger partial charge on any atom is -0.455 e. The number of rotatable bonds is 8. The van der Waals surface area contributed by atoms with Gasteiger partial charge in [0.2, 0.25) is 0 Å². The van der Waals surface area contributed by atoms with Crippen LogP contribution in [0.1, 0.15) is 27.7 Å². The van der Waals surface area contributed by atoms with Crippen LogP contribution >= 0.6 is 0 Å². The van der Waals surface area contributed by atoms with Crippen LogP contribution in [0.25, 0.3) is 67.4 Å². The number of para-hydroxylation sites is 2. The van der Waals surface area contributed by atoms with Crippen LogP contribution in [0.5, 0.6) is 0 Å². The van der Waals surface area contributed by atoms with Crippen LogP contribution in [0, 0.1) is 0 Å². The molecule has 0 saturated carbocycles. The summed E-state index contributed by atoms with van der Waals surface area (Å²) >= 11 is 0. The Morgan fingerprint density at radius 1 is 0.630 bits per heavy atom. The molecule has 8 heteroatoms. The molecule has 0 aliphatic heterocycles. The average Bonchev–Trinajstić information content (AvgIpc) is 3.46. The van der Waals surface area contributed by atoms with Gasteiger partial charge in [-0.1, -0.05) is 90.4 Å². The van der Waals surface area contributed by atoms with Gasteiger partial charge in [-0.2, -0.15) is 0 Å². The maximum Gasteiger partial charge on any atom is 0.330 e. The highest BCUT2D eigenvalue weighted by molar-refractivity contribution is 6.47. The number of hydrogen-bond donors (Lipinski definition) is 1. The molecule has 0 saturated heterocycles. The van der Waals surface area contributed by atoms with Gasteiger partial charge in [0, 0.05) is 33.7 Å². The largest absolute Gasteiger partial charge is 0.455 e. The van der Waals surface area contributed by atoms with E-state index >= 15 is 0 Å². The third-order valence-corrected chi connectivity index (χ3v) is 8.50. The molecule has 1 N–H and O–H groups in total. The predicted molar refractivity (Wildman–Crippen MR) is 183 cm³/mol. The van der Waals surface area contributed by atoms with Gasteiger partial charge in [0.05, 0.1) is 22.5 Å². The molecule has 0 fully saturated rings. The van der Waals surface area contributed by atoms with Crippen molar-refractivity contribution in [2.45, 2.75) is 38.9 Å². The van der Waals surface area contributed by atoms with Gasteiger partial charge in [0.1, 0.15) is 11.2 Å². The van der Waals surface area contributed by atoms with E-state index < -0.39 is 11.2 Å². The highest BCUT2D eigenvalue weighted by Crippen LogP contribution is 2.35. The first-order valence-electron chi connectivity index (χ1n) is 15.2. The Morgan fingerprint density at radius 2 is 1.28 bits per heavy atom. The molecule has 0 aliphatic rings. The number of furan rings is 1. The molecule has 4 aromatic carbocycles. The molecule has 0 amide bonds. The van der Waals surface area contributed by atoms with Crippen molar-refractivity contribution in [3.8, 4) is 45.4 Å². The standard InChI is InChI=1S/C38H32BN4O3/c1-37(2,44)38(3,4)46-39-27-20-17-24(18-21-27)31-22-19-26(23-40-31)35-41-34(25-11-6-5-7-12-25)42-36(43-35)30-15-10-14-29-28-13-8-9-16-32(28)45-33(29)30/h5-23,44H,1-4H3. The quantitative estimate of drug-likeness (QED) is 0.178.